The molecular formula is C22H22FN3O3. The molecule has 29 heavy (non-hydrogen) atoms. The molecule has 1 atom stereocenters. The molecule has 1 saturated heterocycles. The van der Waals surface area contributed by atoms with E-state index in [9.17, 15) is 18.8 Å². The second-order valence-corrected chi connectivity index (χ2v) is 7.55. The third-order valence-electron chi connectivity index (χ3n) is 5.72. The van der Waals surface area contributed by atoms with E-state index in [4.69, 9.17) is 0 Å². The zero-order chi connectivity index (χ0) is 20.6. The van der Waals surface area contributed by atoms with E-state index < -0.39 is 5.66 Å². The van der Waals surface area contributed by atoms with Gasteiger partial charge in [-0.1, -0.05) is 30.3 Å². The number of hydrogen-bond donors (Lipinski definition) is 1. The van der Waals surface area contributed by atoms with Crippen LogP contribution in [0.2, 0.25) is 0 Å². The molecule has 0 radical (unpaired) electrons. The Labute approximate surface area is 168 Å². The molecule has 1 N–H and O–H groups in total. The van der Waals surface area contributed by atoms with Gasteiger partial charge in [0.05, 0.1) is 11.3 Å². The molecule has 2 heterocycles. The maximum Gasteiger partial charge on any atom is 0.258 e. The van der Waals surface area contributed by atoms with Gasteiger partial charge in [0, 0.05) is 13.0 Å². The van der Waals surface area contributed by atoms with Crippen molar-refractivity contribution in [2.45, 2.75) is 31.8 Å². The number of nitrogens with zero attached hydrogens (tertiary/aromatic N) is 2. The summed E-state index contributed by atoms with van der Waals surface area (Å²) in [4.78, 5) is 41.3. The van der Waals surface area contributed by atoms with Crippen LogP contribution >= 0.6 is 0 Å². The Morgan fingerprint density at radius 3 is 2.66 bits per heavy atom. The molecule has 2 aromatic rings. The molecule has 7 heteroatoms. The zero-order valence-corrected chi connectivity index (χ0v) is 16.2. The first kappa shape index (κ1) is 19.1. The highest BCUT2D eigenvalue weighted by molar-refractivity contribution is 6.11. The first-order valence-corrected chi connectivity index (χ1v) is 9.66. The van der Waals surface area contributed by atoms with E-state index >= 15 is 0 Å². The zero-order valence-electron chi connectivity index (χ0n) is 16.2. The fourth-order valence-electron chi connectivity index (χ4n) is 4.18. The lowest BCUT2D eigenvalue weighted by Gasteiger charge is -2.48. The molecular weight excluding hydrogens is 373 g/mol. The monoisotopic (exact) mass is 395 g/mol. The van der Waals surface area contributed by atoms with Gasteiger partial charge in [-0.25, -0.2) is 4.39 Å². The summed E-state index contributed by atoms with van der Waals surface area (Å²) >= 11 is 0. The second-order valence-electron chi connectivity index (χ2n) is 7.55. The third kappa shape index (κ3) is 3.26. The van der Waals surface area contributed by atoms with Crippen LogP contribution in [0.1, 0.15) is 35.7 Å². The number of carbonyl (C=O) groups excluding carboxylic acids is 3. The number of nitrogens with one attached hydrogen (secondary N) is 1. The minimum absolute atomic E-state index is 0.0580. The van der Waals surface area contributed by atoms with Crippen molar-refractivity contribution >= 4 is 23.4 Å². The molecule has 2 aliphatic heterocycles. The smallest absolute Gasteiger partial charge is 0.258 e. The van der Waals surface area contributed by atoms with Crippen LogP contribution in [-0.2, 0) is 16.0 Å². The molecule has 3 amide bonds. The number of benzene rings is 2. The Bertz CT molecular complexity index is 993. The molecule has 6 nitrogen and oxygen atoms in total. The number of anilines is 1. The quantitative estimate of drug-likeness (QED) is 0.846. The maximum atomic E-state index is 13.7. The number of rotatable bonds is 5. The Kier molecular flexibility index (Phi) is 4.82. The normalized spacial score (nSPS) is 20.5. The summed E-state index contributed by atoms with van der Waals surface area (Å²) in [6.45, 7) is 1.92. The van der Waals surface area contributed by atoms with Crippen molar-refractivity contribution in [3.8, 4) is 0 Å². The van der Waals surface area contributed by atoms with E-state index in [0.29, 0.717) is 36.1 Å². The predicted molar refractivity (Wildman–Crippen MR) is 106 cm³/mol. The lowest BCUT2D eigenvalue weighted by Crippen LogP contribution is -2.63. The topological polar surface area (TPSA) is 69.7 Å². The summed E-state index contributed by atoms with van der Waals surface area (Å²) in [6, 6.07) is 13.4. The van der Waals surface area contributed by atoms with Gasteiger partial charge in [0.15, 0.2) is 0 Å². The number of amides is 3. The average Bonchev–Trinajstić information content (AvgIpc) is 3.02. The van der Waals surface area contributed by atoms with Crippen LogP contribution in [0.15, 0.2) is 48.5 Å². The lowest BCUT2D eigenvalue weighted by atomic mass is 9.98. The predicted octanol–water partition coefficient (Wildman–Crippen LogP) is 2.48. The highest BCUT2D eigenvalue weighted by Gasteiger charge is 2.53. The van der Waals surface area contributed by atoms with Crippen LogP contribution in [0.3, 0.4) is 0 Å². The Balaban J connectivity index is 1.49. The fourth-order valence-corrected chi connectivity index (χ4v) is 4.18. The third-order valence-corrected chi connectivity index (χ3v) is 5.72. The van der Waals surface area contributed by atoms with Crippen molar-refractivity contribution in [1.29, 1.82) is 0 Å². The highest BCUT2D eigenvalue weighted by Crippen LogP contribution is 2.43. The van der Waals surface area contributed by atoms with Crippen molar-refractivity contribution < 1.29 is 18.8 Å². The van der Waals surface area contributed by atoms with Gasteiger partial charge in [-0.05, 0) is 43.5 Å². The Hall–Kier alpha value is -3.22. The van der Waals surface area contributed by atoms with Crippen molar-refractivity contribution in [3.63, 3.8) is 0 Å². The van der Waals surface area contributed by atoms with Gasteiger partial charge >= 0.3 is 0 Å². The molecule has 4 rings (SSSR count). The van der Waals surface area contributed by atoms with Gasteiger partial charge in [-0.2, -0.15) is 0 Å². The molecule has 0 bridgehead atoms. The van der Waals surface area contributed by atoms with Crippen LogP contribution in [0.5, 0.6) is 0 Å². The van der Waals surface area contributed by atoms with E-state index in [1.54, 1.807) is 47.4 Å². The van der Waals surface area contributed by atoms with Gasteiger partial charge in [-0.3, -0.25) is 19.3 Å². The van der Waals surface area contributed by atoms with E-state index in [2.05, 4.69) is 5.32 Å². The molecule has 0 aromatic heterocycles. The van der Waals surface area contributed by atoms with Gasteiger partial charge in [0.1, 0.15) is 18.0 Å². The molecule has 0 saturated carbocycles. The van der Waals surface area contributed by atoms with Crippen molar-refractivity contribution in [2.24, 2.45) is 0 Å². The molecule has 150 valence electrons. The summed E-state index contributed by atoms with van der Waals surface area (Å²) in [5, 5.41) is 2.76. The van der Waals surface area contributed by atoms with Gasteiger partial charge in [0.2, 0.25) is 11.8 Å². The van der Waals surface area contributed by atoms with Crippen molar-refractivity contribution in [1.82, 2.24) is 10.2 Å². The number of halogens is 1. The van der Waals surface area contributed by atoms with E-state index in [1.165, 1.54) is 11.0 Å². The standard InChI is InChI=1S/C22H22FN3O3/c1-22-12-10-20(28)26(22)18-9-5-3-7-16(18)21(29)25(22)14-19(27)24-13-11-15-6-2-4-8-17(15)23/h2-9H,10-14H2,1H3,(H,24,27). The Morgan fingerprint density at radius 2 is 1.86 bits per heavy atom. The second kappa shape index (κ2) is 7.31. The van der Waals surface area contributed by atoms with E-state index in [0.717, 1.165) is 0 Å². The average molecular weight is 395 g/mol. The minimum Gasteiger partial charge on any atom is -0.354 e. The van der Waals surface area contributed by atoms with Crippen LogP contribution in [-0.4, -0.2) is 41.4 Å². The first-order chi connectivity index (χ1) is 13.9. The van der Waals surface area contributed by atoms with Crippen LogP contribution < -0.4 is 10.2 Å². The number of hydrogen-bond acceptors (Lipinski definition) is 3. The molecule has 0 spiro atoms. The van der Waals surface area contributed by atoms with Crippen molar-refractivity contribution in [3.05, 3.63) is 65.5 Å². The molecule has 2 aliphatic rings. The molecule has 1 fully saturated rings. The summed E-state index contributed by atoms with van der Waals surface area (Å²) in [6.07, 6.45) is 1.15. The SMILES string of the molecule is CC12CCC(=O)N1c1ccccc1C(=O)N2CC(=O)NCCc1ccccc1F. The van der Waals surface area contributed by atoms with Gasteiger partial charge < -0.3 is 10.2 Å². The number of fused-ring (bicyclic) bond motifs is 3. The molecule has 1 unspecified atom stereocenters. The largest absolute Gasteiger partial charge is 0.354 e. The maximum absolute atomic E-state index is 13.7. The summed E-state index contributed by atoms with van der Waals surface area (Å²) in [5.41, 5.74) is 0.666. The summed E-state index contributed by atoms with van der Waals surface area (Å²) < 4.78 is 13.7. The molecule has 2 aromatic carbocycles. The fraction of sp³-hybridized carbons (Fsp3) is 0.318. The first-order valence-electron chi connectivity index (χ1n) is 9.66. The van der Waals surface area contributed by atoms with Gasteiger partial charge in [-0.15, -0.1) is 0 Å². The van der Waals surface area contributed by atoms with Gasteiger partial charge in [0.25, 0.3) is 5.91 Å². The lowest BCUT2D eigenvalue weighted by molar-refractivity contribution is -0.123. The number of para-hydroxylation sites is 1. The summed E-state index contributed by atoms with van der Waals surface area (Å²) in [5.74, 6) is -0.970. The summed E-state index contributed by atoms with van der Waals surface area (Å²) in [7, 11) is 0. The number of carbonyl (C=O) groups is 3. The van der Waals surface area contributed by atoms with Crippen molar-refractivity contribution in [2.75, 3.05) is 18.0 Å². The van der Waals surface area contributed by atoms with Crippen LogP contribution in [0.4, 0.5) is 10.1 Å². The molecule has 0 aliphatic carbocycles. The van der Waals surface area contributed by atoms with E-state index in [1.807, 2.05) is 6.92 Å². The Morgan fingerprint density at radius 1 is 1.14 bits per heavy atom. The van der Waals surface area contributed by atoms with E-state index in [-0.39, 0.29) is 36.6 Å². The highest BCUT2D eigenvalue weighted by atomic mass is 19.1. The van der Waals surface area contributed by atoms with Crippen LogP contribution in [0, 0.1) is 5.82 Å². The minimum atomic E-state index is -0.870. The van der Waals surface area contributed by atoms with Crippen LogP contribution in [0.25, 0.3) is 0 Å².